The lowest BCUT2D eigenvalue weighted by molar-refractivity contribution is -0.133. The lowest BCUT2D eigenvalue weighted by Gasteiger charge is -2.25. The van der Waals surface area contributed by atoms with E-state index >= 15 is 0 Å². The molecule has 2 rings (SSSR count). The molecule has 0 spiro atoms. The number of carboxylic acids is 1. The van der Waals surface area contributed by atoms with E-state index in [4.69, 9.17) is 16.7 Å². The van der Waals surface area contributed by atoms with Crippen molar-refractivity contribution in [3.05, 3.63) is 22.5 Å². The van der Waals surface area contributed by atoms with Crippen LogP contribution < -0.4 is 5.32 Å². The van der Waals surface area contributed by atoms with Crippen molar-refractivity contribution in [2.45, 2.75) is 18.9 Å². The molecule has 4 nitrogen and oxygen atoms in total. The van der Waals surface area contributed by atoms with Gasteiger partial charge in [0.15, 0.2) is 0 Å². The molecule has 2 aliphatic rings. The highest BCUT2D eigenvalue weighted by atomic mass is 35.5. The maximum atomic E-state index is 11.0. The third-order valence-electron chi connectivity index (χ3n) is 2.54. The van der Waals surface area contributed by atoms with E-state index in [1.165, 1.54) is 0 Å². The molecule has 2 N–H and O–H groups in total. The molecule has 82 valence electrons. The summed E-state index contributed by atoms with van der Waals surface area (Å²) in [6, 6.07) is 0.429. The molecule has 0 bridgehead atoms. The molecule has 0 aromatic carbocycles. The summed E-state index contributed by atoms with van der Waals surface area (Å²) >= 11 is 5.96. The number of allylic oxidation sites excluding steroid dienone is 1. The Labute approximate surface area is 93.2 Å². The molecule has 0 saturated heterocycles. The second-order valence-electron chi connectivity index (χ2n) is 3.94. The van der Waals surface area contributed by atoms with Gasteiger partial charge in [-0.1, -0.05) is 11.6 Å². The van der Waals surface area contributed by atoms with Crippen LogP contribution in [-0.2, 0) is 4.79 Å². The summed E-state index contributed by atoms with van der Waals surface area (Å²) in [7, 11) is 1.77. The quantitative estimate of drug-likeness (QED) is 0.711. The van der Waals surface area contributed by atoms with Crippen molar-refractivity contribution >= 4 is 17.6 Å². The van der Waals surface area contributed by atoms with E-state index < -0.39 is 5.97 Å². The minimum Gasteiger partial charge on any atom is -0.478 e. The van der Waals surface area contributed by atoms with Crippen molar-refractivity contribution in [3.8, 4) is 0 Å². The van der Waals surface area contributed by atoms with Crippen molar-refractivity contribution in [1.82, 2.24) is 10.2 Å². The minimum atomic E-state index is -0.884. The number of carbonyl (C=O) groups is 1. The first-order valence-electron chi connectivity index (χ1n) is 4.89. The third kappa shape index (κ3) is 2.26. The van der Waals surface area contributed by atoms with Gasteiger partial charge < -0.3 is 15.3 Å². The van der Waals surface area contributed by atoms with Crippen LogP contribution in [0, 0.1) is 0 Å². The topological polar surface area (TPSA) is 52.6 Å². The largest absolute Gasteiger partial charge is 0.478 e. The predicted molar refractivity (Wildman–Crippen MR) is 57.4 cm³/mol. The highest BCUT2D eigenvalue weighted by Crippen LogP contribution is 2.25. The van der Waals surface area contributed by atoms with Crippen LogP contribution in [0.2, 0.25) is 0 Å². The Kier molecular flexibility index (Phi) is 2.61. The zero-order valence-corrected chi connectivity index (χ0v) is 9.21. The molecular formula is C10H13ClN2O2. The molecule has 5 heteroatoms. The van der Waals surface area contributed by atoms with Crippen molar-refractivity contribution in [2.75, 3.05) is 13.6 Å². The van der Waals surface area contributed by atoms with Gasteiger partial charge >= 0.3 is 5.97 Å². The predicted octanol–water partition coefficient (Wildman–Crippen LogP) is 1.10. The smallest absolute Gasteiger partial charge is 0.335 e. The van der Waals surface area contributed by atoms with Crippen LogP contribution in [0.1, 0.15) is 12.8 Å². The number of likely N-dealkylation sites (N-methyl/N-ethyl adjacent to an activating group) is 1. The van der Waals surface area contributed by atoms with Gasteiger partial charge in [-0.3, -0.25) is 0 Å². The number of halogens is 1. The molecule has 0 radical (unpaired) electrons. The molecule has 1 aliphatic carbocycles. The number of nitrogens with one attached hydrogen (secondary N) is 1. The van der Waals surface area contributed by atoms with Crippen molar-refractivity contribution in [1.29, 1.82) is 0 Å². The molecule has 0 aromatic heterocycles. The molecule has 0 amide bonds. The molecule has 0 atom stereocenters. The van der Waals surface area contributed by atoms with Gasteiger partial charge in [0.25, 0.3) is 0 Å². The average molecular weight is 229 g/mol. The molecule has 1 heterocycles. The fourth-order valence-electron chi connectivity index (χ4n) is 1.47. The maximum absolute atomic E-state index is 11.0. The van der Waals surface area contributed by atoms with Gasteiger partial charge in [-0.25, -0.2) is 4.79 Å². The van der Waals surface area contributed by atoms with Crippen molar-refractivity contribution in [3.63, 3.8) is 0 Å². The van der Waals surface area contributed by atoms with Gasteiger partial charge in [-0.15, -0.1) is 0 Å². The monoisotopic (exact) mass is 228 g/mol. The molecule has 1 saturated carbocycles. The Morgan fingerprint density at radius 1 is 1.67 bits per heavy atom. The summed E-state index contributed by atoms with van der Waals surface area (Å²) < 4.78 is 0. The van der Waals surface area contributed by atoms with Gasteiger partial charge in [0.2, 0.25) is 0 Å². The Balaban J connectivity index is 2.25. The lowest BCUT2D eigenvalue weighted by atomic mass is 10.1. The van der Waals surface area contributed by atoms with Crippen molar-refractivity contribution in [2.24, 2.45) is 0 Å². The Morgan fingerprint density at radius 2 is 2.33 bits per heavy atom. The fraction of sp³-hybridized carbons (Fsp3) is 0.500. The van der Waals surface area contributed by atoms with Crippen LogP contribution >= 0.6 is 11.6 Å². The van der Waals surface area contributed by atoms with E-state index in [9.17, 15) is 4.79 Å². The Hall–Kier alpha value is -1.16. The lowest BCUT2D eigenvalue weighted by Crippen LogP contribution is -2.31. The van der Waals surface area contributed by atoms with E-state index in [2.05, 4.69) is 5.32 Å². The molecule has 0 aromatic rings. The van der Waals surface area contributed by atoms with Gasteiger partial charge in [0, 0.05) is 18.8 Å². The average Bonchev–Trinajstić information content (AvgIpc) is 2.94. The molecule has 1 fully saturated rings. The van der Waals surface area contributed by atoms with E-state index in [1.54, 1.807) is 18.0 Å². The molecule has 15 heavy (non-hydrogen) atoms. The molecule has 1 aliphatic heterocycles. The second-order valence-corrected chi connectivity index (χ2v) is 4.33. The second kappa shape index (κ2) is 3.77. The van der Waals surface area contributed by atoms with Crippen LogP contribution in [0.4, 0.5) is 0 Å². The van der Waals surface area contributed by atoms with E-state index in [0.29, 0.717) is 29.0 Å². The van der Waals surface area contributed by atoms with Gasteiger partial charge in [0.1, 0.15) is 5.16 Å². The number of aliphatic carboxylic acids is 1. The number of hydrogen-bond acceptors (Lipinski definition) is 3. The first kappa shape index (κ1) is 10.4. The number of carboxylic acid groups (broad SMARTS) is 1. The number of nitrogens with zero attached hydrogens (tertiary/aromatic N) is 1. The number of hydrogen-bond donors (Lipinski definition) is 2. The maximum Gasteiger partial charge on any atom is 0.335 e. The van der Waals surface area contributed by atoms with Gasteiger partial charge in [0.05, 0.1) is 12.1 Å². The zero-order valence-electron chi connectivity index (χ0n) is 8.46. The van der Waals surface area contributed by atoms with Crippen LogP contribution in [0.5, 0.6) is 0 Å². The fourth-order valence-corrected chi connectivity index (χ4v) is 1.64. The summed E-state index contributed by atoms with van der Waals surface area (Å²) in [5.41, 5.74) is 1.04. The van der Waals surface area contributed by atoms with E-state index in [0.717, 1.165) is 12.8 Å². The normalized spacial score (nSPS) is 21.5. The summed E-state index contributed by atoms with van der Waals surface area (Å²) in [6.07, 6.45) is 3.90. The minimum absolute atomic E-state index is 0.347. The van der Waals surface area contributed by atoms with Gasteiger partial charge in [-0.05, 0) is 18.9 Å². The van der Waals surface area contributed by atoms with Crippen LogP contribution in [-0.4, -0.2) is 35.6 Å². The highest BCUT2D eigenvalue weighted by Gasteiger charge is 2.27. The van der Waals surface area contributed by atoms with Crippen LogP contribution in [0.3, 0.4) is 0 Å². The van der Waals surface area contributed by atoms with Crippen molar-refractivity contribution < 1.29 is 9.90 Å². The summed E-state index contributed by atoms with van der Waals surface area (Å²) in [4.78, 5) is 12.7. The first-order chi connectivity index (χ1) is 7.08. The van der Waals surface area contributed by atoms with Crippen LogP contribution in [0.15, 0.2) is 22.5 Å². The van der Waals surface area contributed by atoms with Gasteiger partial charge in [-0.2, -0.15) is 0 Å². The third-order valence-corrected chi connectivity index (χ3v) is 2.94. The molecule has 0 unspecified atom stereocenters. The summed E-state index contributed by atoms with van der Waals surface area (Å²) in [5, 5.41) is 12.8. The zero-order chi connectivity index (χ0) is 11.0. The SMILES string of the molecule is CN1CC(C(=O)O)=C(NC2CC2)C=C1Cl. The highest BCUT2D eigenvalue weighted by molar-refractivity contribution is 6.29. The van der Waals surface area contributed by atoms with E-state index in [-0.39, 0.29) is 0 Å². The standard InChI is InChI=1S/C10H13ClN2O2/c1-13-5-7(10(14)15)8(4-9(13)11)12-6-2-3-6/h4,6,12H,2-3,5H2,1H3,(H,14,15). The first-order valence-corrected chi connectivity index (χ1v) is 5.27. The van der Waals surface area contributed by atoms with E-state index in [1.807, 2.05) is 0 Å². The Morgan fingerprint density at radius 3 is 2.87 bits per heavy atom. The molecular weight excluding hydrogens is 216 g/mol. The summed E-state index contributed by atoms with van der Waals surface area (Å²) in [5.74, 6) is -0.884. The van der Waals surface area contributed by atoms with Crippen LogP contribution in [0.25, 0.3) is 0 Å². The summed E-state index contributed by atoms with van der Waals surface area (Å²) in [6.45, 7) is 0.347. The Bertz CT molecular complexity index is 358. The number of rotatable bonds is 3.